The molecule has 1 fully saturated rings. The molecule has 0 bridgehead atoms. The van der Waals surface area contributed by atoms with Crippen LogP contribution in [0, 0.1) is 0 Å². The Labute approximate surface area is 127 Å². The van der Waals surface area contributed by atoms with Crippen molar-refractivity contribution in [1.82, 2.24) is 0 Å². The van der Waals surface area contributed by atoms with E-state index in [0.29, 0.717) is 17.6 Å². The number of thiocarbonyl (C=S) groups is 1. The SMILES string of the molecule is NC(=S)c1ccc(N(CCO)C2CCCC2)cc1Br. The van der Waals surface area contributed by atoms with Crippen LogP contribution in [0.2, 0.25) is 0 Å². The van der Waals surface area contributed by atoms with Crippen molar-refractivity contribution in [1.29, 1.82) is 0 Å². The maximum atomic E-state index is 9.28. The second-order valence-electron chi connectivity index (χ2n) is 4.88. The first-order chi connectivity index (χ1) is 9.13. The van der Waals surface area contributed by atoms with Gasteiger partial charge in [-0.25, -0.2) is 0 Å². The van der Waals surface area contributed by atoms with E-state index in [9.17, 15) is 5.11 Å². The highest BCUT2D eigenvalue weighted by molar-refractivity contribution is 9.10. The molecule has 3 nitrogen and oxygen atoms in total. The number of nitrogens with two attached hydrogens (primary N) is 1. The lowest BCUT2D eigenvalue weighted by molar-refractivity contribution is 0.297. The van der Waals surface area contributed by atoms with Crippen LogP contribution in [0.3, 0.4) is 0 Å². The van der Waals surface area contributed by atoms with Gasteiger partial charge in [0.2, 0.25) is 0 Å². The molecule has 0 amide bonds. The Balaban J connectivity index is 2.26. The van der Waals surface area contributed by atoms with Crippen LogP contribution in [0.4, 0.5) is 5.69 Å². The van der Waals surface area contributed by atoms with Crippen molar-refractivity contribution in [3.8, 4) is 0 Å². The molecule has 104 valence electrons. The van der Waals surface area contributed by atoms with Gasteiger partial charge in [0, 0.05) is 28.3 Å². The first-order valence-electron chi connectivity index (χ1n) is 6.60. The van der Waals surface area contributed by atoms with Crippen LogP contribution in [-0.2, 0) is 0 Å². The molecule has 19 heavy (non-hydrogen) atoms. The molecule has 1 saturated carbocycles. The maximum absolute atomic E-state index is 9.28. The highest BCUT2D eigenvalue weighted by Gasteiger charge is 2.23. The molecule has 3 N–H and O–H groups in total. The van der Waals surface area contributed by atoms with Crippen molar-refractivity contribution in [2.45, 2.75) is 31.7 Å². The zero-order valence-corrected chi connectivity index (χ0v) is 13.2. The van der Waals surface area contributed by atoms with E-state index in [1.165, 1.54) is 25.7 Å². The Hall–Kier alpha value is -0.650. The summed E-state index contributed by atoms with van der Waals surface area (Å²) in [6.07, 6.45) is 4.96. The quantitative estimate of drug-likeness (QED) is 0.808. The van der Waals surface area contributed by atoms with Gasteiger partial charge in [-0.1, -0.05) is 25.1 Å². The van der Waals surface area contributed by atoms with Crippen LogP contribution in [0.25, 0.3) is 0 Å². The molecule has 0 spiro atoms. The molecule has 0 saturated heterocycles. The number of aliphatic hydroxyl groups is 1. The minimum Gasteiger partial charge on any atom is -0.395 e. The topological polar surface area (TPSA) is 49.5 Å². The summed E-state index contributed by atoms with van der Waals surface area (Å²) in [6, 6.07) is 6.56. The van der Waals surface area contributed by atoms with E-state index in [1.54, 1.807) is 0 Å². The molecular formula is C14H19BrN2OS. The average Bonchev–Trinajstić information content (AvgIpc) is 2.89. The van der Waals surface area contributed by atoms with Crippen LogP contribution in [0.1, 0.15) is 31.2 Å². The maximum Gasteiger partial charge on any atom is 0.105 e. The van der Waals surface area contributed by atoms with Gasteiger partial charge >= 0.3 is 0 Å². The summed E-state index contributed by atoms with van der Waals surface area (Å²) in [5.41, 5.74) is 7.64. The monoisotopic (exact) mass is 342 g/mol. The molecule has 2 rings (SSSR count). The summed E-state index contributed by atoms with van der Waals surface area (Å²) in [5.74, 6) is 0. The second kappa shape index (κ2) is 6.68. The molecular weight excluding hydrogens is 324 g/mol. The minimum absolute atomic E-state index is 0.172. The summed E-state index contributed by atoms with van der Waals surface area (Å²) >= 11 is 8.53. The Kier molecular flexibility index (Phi) is 5.19. The highest BCUT2D eigenvalue weighted by Crippen LogP contribution is 2.30. The molecule has 1 aromatic carbocycles. The van der Waals surface area contributed by atoms with Gasteiger partial charge in [0.05, 0.1) is 6.61 Å². The van der Waals surface area contributed by atoms with E-state index in [4.69, 9.17) is 18.0 Å². The number of rotatable bonds is 5. The molecule has 0 atom stereocenters. The Morgan fingerprint density at radius 1 is 1.42 bits per heavy atom. The standard InChI is InChI=1S/C14H19BrN2OS/c15-13-9-11(5-6-12(13)14(16)19)17(7-8-18)10-3-1-2-4-10/h5-6,9-10,18H,1-4,7-8H2,(H2,16,19). The van der Waals surface area contributed by atoms with Crippen molar-refractivity contribution >= 4 is 38.8 Å². The van der Waals surface area contributed by atoms with E-state index in [2.05, 4.69) is 20.8 Å². The number of hydrogen-bond donors (Lipinski definition) is 2. The number of hydrogen-bond acceptors (Lipinski definition) is 3. The molecule has 1 aromatic rings. The second-order valence-corrected chi connectivity index (χ2v) is 6.18. The molecule has 0 heterocycles. The van der Waals surface area contributed by atoms with Crippen LogP contribution >= 0.6 is 28.1 Å². The lowest BCUT2D eigenvalue weighted by Gasteiger charge is -2.31. The van der Waals surface area contributed by atoms with Crippen molar-refractivity contribution < 1.29 is 5.11 Å². The van der Waals surface area contributed by atoms with Gasteiger partial charge in [-0.3, -0.25) is 0 Å². The molecule has 5 heteroatoms. The van der Waals surface area contributed by atoms with Gasteiger partial charge in [0.25, 0.3) is 0 Å². The highest BCUT2D eigenvalue weighted by atomic mass is 79.9. The lowest BCUT2D eigenvalue weighted by Crippen LogP contribution is -2.35. The van der Waals surface area contributed by atoms with Crippen LogP contribution in [0.5, 0.6) is 0 Å². The third-order valence-corrected chi connectivity index (χ3v) is 4.53. The molecule has 0 aromatic heterocycles. The predicted molar refractivity (Wildman–Crippen MR) is 86.7 cm³/mol. The third kappa shape index (κ3) is 3.46. The summed E-state index contributed by atoms with van der Waals surface area (Å²) in [4.78, 5) is 2.69. The van der Waals surface area contributed by atoms with Gasteiger partial charge in [-0.05, 0) is 47.0 Å². The van der Waals surface area contributed by atoms with Crippen molar-refractivity contribution in [2.75, 3.05) is 18.1 Å². The molecule has 0 aliphatic heterocycles. The van der Waals surface area contributed by atoms with Gasteiger partial charge in [0.15, 0.2) is 0 Å². The lowest BCUT2D eigenvalue weighted by atomic mass is 10.1. The van der Waals surface area contributed by atoms with Crippen LogP contribution in [-0.4, -0.2) is 29.3 Å². The van der Waals surface area contributed by atoms with E-state index < -0.39 is 0 Å². The smallest absolute Gasteiger partial charge is 0.105 e. The van der Waals surface area contributed by atoms with E-state index in [0.717, 1.165) is 15.7 Å². The first kappa shape index (κ1) is 14.8. The first-order valence-corrected chi connectivity index (χ1v) is 7.80. The number of aliphatic hydroxyl groups excluding tert-OH is 1. The minimum atomic E-state index is 0.172. The Morgan fingerprint density at radius 2 is 2.11 bits per heavy atom. The molecule has 0 unspecified atom stereocenters. The molecule has 1 aliphatic rings. The van der Waals surface area contributed by atoms with Crippen LogP contribution < -0.4 is 10.6 Å². The molecule has 1 aliphatic carbocycles. The largest absolute Gasteiger partial charge is 0.395 e. The fraction of sp³-hybridized carbons (Fsp3) is 0.500. The summed E-state index contributed by atoms with van der Waals surface area (Å²) < 4.78 is 0.915. The van der Waals surface area contributed by atoms with E-state index in [-0.39, 0.29) is 6.61 Å². The van der Waals surface area contributed by atoms with Gasteiger partial charge < -0.3 is 15.7 Å². The van der Waals surface area contributed by atoms with Crippen LogP contribution in [0.15, 0.2) is 22.7 Å². The zero-order chi connectivity index (χ0) is 13.8. The van der Waals surface area contributed by atoms with Crippen molar-refractivity contribution in [2.24, 2.45) is 5.73 Å². The fourth-order valence-electron chi connectivity index (χ4n) is 2.73. The normalized spacial score (nSPS) is 15.7. The predicted octanol–water partition coefficient (Wildman–Crippen LogP) is 2.82. The summed E-state index contributed by atoms with van der Waals surface area (Å²) in [6.45, 7) is 0.842. The van der Waals surface area contributed by atoms with Crippen molar-refractivity contribution in [3.63, 3.8) is 0 Å². The molecule has 0 radical (unpaired) electrons. The number of nitrogens with zero attached hydrogens (tertiary/aromatic N) is 1. The Morgan fingerprint density at radius 3 is 2.63 bits per heavy atom. The zero-order valence-electron chi connectivity index (χ0n) is 10.8. The fourth-order valence-corrected chi connectivity index (χ4v) is 3.62. The van der Waals surface area contributed by atoms with E-state index >= 15 is 0 Å². The number of benzene rings is 1. The third-order valence-electron chi connectivity index (χ3n) is 3.66. The van der Waals surface area contributed by atoms with Gasteiger partial charge in [0.1, 0.15) is 4.99 Å². The Bertz CT molecular complexity index is 461. The number of halogens is 1. The average molecular weight is 343 g/mol. The summed E-state index contributed by atoms with van der Waals surface area (Å²) in [7, 11) is 0. The van der Waals surface area contributed by atoms with E-state index in [1.807, 2.05) is 18.2 Å². The van der Waals surface area contributed by atoms with Crippen molar-refractivity contribution in [3.05, 3.63) is 28.2 Å². The summed E-state index contributed by atoms with van der Waals surface area (Å²) in [5, 5.41) is 9.28. The van der Waals surface area contributed by atoms with Gasteiger partial charge in [-0.15, -0.1) is 0 Å². The van der Waals surface area contributed by atoms with Gasteiger partial charge in [-0.2, -0.15) is 0 Å². The number of anilines is 1.